The standard InChI is InChI=1S/C14H14.6ClH.2Ti/c1-2-8-13(7-1)11-5-6-12-14-9-3-4-10-14;;;;;;;;/h1-10H,11-12H2;6*1H;;/q-2;;;;;;;2*+3/p-6. The van der Waals surface area contributed by atoms with Gasteiger partial charge in [-0.3, -0.25) is 0 Å². The van der Waals surface area contributed by atoms with E-state index in [0.717, 1.165) is 12.8 Å². The van der Waals surface area contributed by atoms with Gasteiger partial charge in [0.15, 0.2) is 0 Å². The van der Waals surface area contributed by atoms with Crippen LogP contribution in [0, 0.1) is 0 Å². The van der Waals surface area contributed by atoms with Gasteiger partial charge in [-0.25, -0.2) is 24.3 Å². The zero-order valence-electron chi connectivity index (χ0n) is 11.5. The summed E-state index contributed by atoms with van der Waals surface area (Å²) in [6.07, 6.45) is 6.58. The topological polar surface area (TPSA) is 0 Å². The number of halogens is 6. The molecule has 0 radical (unpaired) electrons. The van der Waals surface area contributed by atoms with Crippen LogP contribution >= 0.6 is 55.8 Å². The molecule has 0 aliphatic heterocycles. The Bertz CT molecular complexity index is 416. The van der Waals surface area contributed by atoms with Crippen LogP contribution < -0.4 is 0 Å². The van der Waals surface area contributed by atoms with E-state index < -0.39 is 29.4 Å². The minimum absolute atomic E-state index is 1.05. The predicted octanol–water partition coefficient (Wildman–Crippen LogP) is 7.60. The molecule has 0 saturated heterocycles. The van der Waals surface area contributed by atoms with Crippen LogP contribution in [0.5, 0.6) is 0 Å². The number of rotatable bonds is 4. The Hall–Kier alpha value is 1.61. The van der Waals surface area contributed by atoms with E-state index in [2.05, 4.69) is 60.7 Å². The Kier molecular flexibility index (Phi) is 17.3. The van der Waals surface area contributed by atoms with Crippen LogP contribution in [0.4, 0.5) is 0 Å². The third kappa shape index (κ3) is 18.0. The Labute approximate surface area is 167 Å². The van der Waals surface area contributed by atoms with E-state index in [1.807, 2.05) is 0 Å². The van der Waals surface area contributed by atoms with Gasteiger partial charge in [0.25, 0.3) is 0 Å². The molecule has 0 bridgehead atoms. The Morgan fingerprint density at radius 3 is 1.05 bits per heavy atom. The van der Waals surface area contributed by atoms with Gasteiger partial charge >= 0.3 is 85.2 Å². The summed E-state index contributed by atoms with van der Waals surface area (Å²) in [6.45, 7) is 0. The number of allylic oxidation sites excluding steroid dienone is 2. The molecule has 122 valence electrons. The van der Waals surface area contributed by atoms with Crippen molar-refractivity contribution in [2.75, 3.05) is 0 Å². The quantitative estimate of drug-likeness (QED) is 0.235. The fourth-order valence-electron chi connectivity index (χ4n) is 1.54. The van der Waals surface area contributed by atoms with Crippen molar-refractivity contribution in [2.24, 2.45) is 0 Å². The van der Waals surface area contributed by atoms with E-state index >= 15 is 0 Å². The van der Waals surface area contributed by atoms with Crippen LogP contribution in [0.1, 0.15) is 11.1 Å². The molecule has 0 aromatic heterocycles. The summed E-state index contributed by atoms with van der Waals surface area (Å²) in [4.78, 5) is 0. The Morgan fingerprint density at radius 2 is 0.818 bits per heavy atom. The van der Waals surface area contributed by atoms with Gasteiger partial charge in [-0.2, -0.15) is 35.4 Å². The van der Waals surface area contributed by atoms with Crippen LogP contribution in [0.3, 0.4) is 0 Å². The average Bonchev–Trinajstić information content (AvgIpc) is 3.07. The van der Waals surface area contributed by atoms with Crippen molar-refractivity contribution in [1.82, 2.24) is 0 Å². The molecule has 0 aliphatic carbocycles. The Balaban J connectivity index is 0.000000464. The third-order valence-corrected chi connectivity index (χ3v) is 2.34. The molecule has 0 unspecified atom stereocenters. The molecule has 2 aromatic carbocycles. The van der Waals surface area contributed by atoms with Crippen LogP contribution in [0.25, 0.3) is 0 Å². The van der Waals surface area contributed by atoms with Gasteiger partial charge in [0, 0.05) is 0 Å². The van der Waals surface area contributed by atoms with Crippen LogP contribution in [0.15, 0.2) is 60.7 Å². The summed E-state index contributed by atoms with van der Waals surface area (Å²) in [6, 6.07) is 17.0. The second kappa shape index (κ2) is 16.1. The second-order valence-corrected chi connectivity index (χ2v) is 19.4. The van der Waals surface area contributed by atoms with Gasteiger partial charge in [-0.1, -0.05) is 25.0 Å². The fourth-order valence-corrected chi connectivity index (χ4v) is 1.54. The monoisotopic (exact) mass is 488 g/mol. The summed E-state index contributed by atoms with van der Waals surface area (Å²) in [5.74, 6) is 0. The van der Waals surface area contributed by atoms with Gasteiger partial charge in [0.2, 0.25) is 0 Å². The van der Waals surface area contributed by atoms with E-state index in [1.165, 1.54) is 11.1 Å². The van der Waals surface area contributed by atoms with Gasteiger partial charge in [0.1, 0.15) is 0 Å². The van der Waals surface area contributed by atoms with Crippen molar-refractivity contribution in [2.45, 2.75) is 12.8 Å². The first-order valence-electron chi connectivity index (χ1n) is 6.15. The maximum atomic E-state index is 4.97. The summed E-state index contributed by atoms with van der Waals surface area (Å²) in [7, 11) is 29.8. The van der Waals surface area contributed by atoms with Crippen molar-refractivity contribution in [3.8, 4) is 0 Å². The van der Waals surface area contributed by atoms with Crippen molar-refractivity contribution in [1.29, 1.82) is 0 Å². The van der Waals surface area contributed by atoms with Gasteiger partial charge in [0.05, 0.1) is 0 Å². The van der Waals surface area contributed by atoms with E-state index in [4.69, 9.17) is 55.8 Å². The molecular weight excluding hydrogens is 477 g/mol. The van der Waals surface area contributed by atoms with E-state index in [9.17, 15) is 0 Å². The number of hydrogen-bond acceptors (Lipinski definition) is 0. The molecule has 8 heteroatoms. The maximum absolute atomic E-state index is 4.97. The van der Waals surface area contributed by atoms with Crippen molar-refractivity contribution in [3.63, 3.8) is 0 Å². The zero-order valence-corrected chi connectivity index (χ0v) is 19.1. The SMILES string of the molecule is C(=CC[c-]1cccc1)C[c-]1cccc1.[Cl][Ti]([Cl])[Cl].[Cl][Ti]([Cl])[Cl]. The Morgan fingerprint density at radius 1 is 0.591 bits per heavy atom. The van der Waals surface area contributed by atoms with Crippen LogP contribution in [-0.2, 0) is 42.2 Å². The molecule has 0 heterocycles. The summed E-state index contributed by atoms with van der Waals surface area (Å²) >= 11 is -3.83. The predicted molar refractivity (Wildman–Crippen MR) is 95.7 cm³/mol. The molecule has 0 N–H and O–H groups in total. The summed E-state index contributed by atoms with van der Waals surface area (Å²) in [5.41, 5.74) is 2.78. The third-order valence-electron chi connectivity index (χ3n) is 2.34. The summed E-state index contributed by atoms with van der Waals surface area (Å²) in [5, 5.41) is 0. The first-order valence-corrected chi connectivity index (χ1v) is 19.0. The summed E-state index contributed by atoms with van der Waals surface area (Å²) < 4.78 is 0. The molecule has 0 atom stereocenters. The second-order valence-electron chi connectivity index (χ2n) is 3.89. The van der Waals surface area contributed by atoms with Crippen molar-refractivity contribution in [3.05, 3.63) is 71.8 Å². The molecule has 2 aromatic rings. The molecule has 0 spiro atoms. The van der Waals surface area contributed by atoms with Crippen LogP contribution in [-0.4, -0.2) is 0 Å². The van der Waals surface area contributed by atoms with Crippen LogP contribution in [0.2, 0.25) is 0 Å². The first-order chi connectivity index (χ1) is 10.4. The first kappa shape index (κ1) is 23.6. The molecule has 0 saturated carbocycles. The van der Waals surface area contributed by atoms with E-state index in [1.54, 1.807) is 0 Å². The number of hydrogen-bond donors (Lipinski definition) is 0. The van der Waals surface area contributed by atoms with E-state index in [0.29, 0.717) is 0 Å². The van der Waals surface area contributed by atoms with Gasteiger partial charge < -0.3 is 0 Å². The van der Waals surface area contributed by atoms with Crippen molar-refractivity contribution >= 4 is 55.8 Å². The molecule has 0 amide bonds. The normalized spacial score (nSPS) is 9.55. The zero-order chi connectivity index (χ0) is 16.8. The van der Waals surface area contributed by atoms with Crippen molar-refractivity contribution < 1.29 is 29.4 Å². The molecule has 22 heavy (non-hydrogen) atoms. The molecule has 0 fully saturated rings. The van der Waals surface area contributed by atoms with Gasteiger partial charge in [-0.05, 0) is 0 Å². The molecule has 2 rings (SSSR count). The molecule has 0 nitrogen and oxygen atoms in total. The average molecular weight is 491 g/mol. The fraction of sp³-hybridized carbons (Fsp3) is 0.143. The minimum atomic E-state index is -1.92. The molecule has 0 aliphatic rings. The van der Waals surface area contributed by atoms with E-state index in [-0.39, 0.29) is 0 Å². The van der Waals surface area contributed by atoms with Gasteiger partial charge in [-0.15, -0.1) is 0 Å². The molecular formula is C14H14Cl6Ti2-2.